The maximum absolute atomic E-state index is 12.8. The molecule has 0 heterocycles. The topological polar surface area (TPSA) is 38.3 Å². The average Bonchev–Trinajstić information content (AvgIpc) is 2.81. The van der Waals surface area contributed by atoms with Gasteiger partial charge in [-0.25, -0.2) is 8.78 Å². The van der Waals surface area contributed by atoms with Crippen LogP contribution in [0.4, 0.5) is 8.78 Å². The molecule has 0 aromatic rings. The van der Waals surface area contributed by atoms with Gasteiger partial charge in [-0.3, -0.25) is 4.79 Å². The summed E-state index contributed by atoms with van der Waals surface area (Å²) in [5.41, 5.74) is -0.822. The van der Waals surface area contributed by atoms with Gasteiger partial charge in [0.25, 0.3) is 5.92 Å². The molecule has 5 heteroatoms. The number of rotatable bonds is 4. The molecule has 0 aromatic carbocycles. The lowest BCUT2D eigenvalue weighted by Crippen LogP contribution is -2.65. The van der Waals surface area contributed by atoms with E-state index in [1.54, 1.807) is 0 Å². The number of nitrogens with one attached hydrogen (secondary N) is 1. The molecule has 1 amide bonds. The van der Waals surface area contributed by atoms with Crippen molar-refractivity contribution in [3.05, 3.63) is 0 Å². The van der Waals surface area contributed by atoms with E-state index < -0.39 is 11.5 Å². The summed E-state index contributed by atoms with van der Waals surface area (Å²) in [5.74, 6) is -2.69. The van der Waals surface area contributed by atoms with Crippen molar-refractivity contribution in [3.8, 4) is 0 Å². The molecule has 0 bridgehead atoms. The van der Waals surface area contributed by atoms with E-state index in [-0.39, 0.29) is 31.3 Å². The molecule has 0 radical (unpaired) electrons. The first kappa shape index (κ1) is 10.8. The van der Waals surface area contributed by atoms with E-state index in [1.807, 2.05) is 0 Å². The number of ether oxygens (including phenoxy) is 1. The van der Waals surface area contributed by atoms with Gasteiger partial charge in [0.2, 0.25) is 5.91 Å². The summed E-state index contributed by atoms with van der Waals surface area (Å²) < 4.78 is 30.5. The number of halogens is 2. The highest BCUT2D eigenvalue weighted by molar-refractivity contribution is 5.81. The largest absolute Gasteiger partial charge is 0.382 e. The Kier molecular flexibility index (Phi) is 2.45. The minimum absolute atomic E-state index is 0.0490. The van der Waals surface area contributed by atoms with Crippen molar-refractivity contribution < 1.29 is 18.3 Å². The first-order valence-electron chi connectivity index (χ1n) is 5.15. The molecule has 0 spiro atoms. The Morgan fingerprint density at radius 2 is 2.07 bits per heavy atom. The molecular formula is C10H15F2NO2. The lowest BCUT2D eigenvalue weighted by molar-refractivity contribution is -0.159. The standard InChI is InChI=1S/C10H15F2NO2/c1-15-6-9(4-10(11,12)5-9)13-8(14)7-2-3-7/h7H,2-6H2,1H3,(H,13,14). The fourth-order valence-corrected chi connectivity index (χ4v) is 2.15. The van der Waals surface area contributed by atoms with Gasteiger partial charge < -0.3 is 10.1 Å². The third kappa shape index (κ3) is 2.27. The molecule has 2 aliphatic carbocycles. The van der Waals surface area contributed by atoms with Crippen LogP contribution in [0.2, 0.25) is 0 Å². The molecule has 0 unspecified atom stereocenters. The molecular weight excluding hydrogens is 204 g/mol. The van der Waals surface area contributed by atoms with Gasteiger partial charge in [0.05, 0.1) is 12.1 Å². The van der Waals surface area contributed by atoms with E-state index in [2.05, 4.69) is 5.32 Å². The van der Waals surface area contributed by atoms with Crippen molar-refractivity contribution >= 4 is 5.91 Å². The third-order valence-corrected chi connectivity index (χ3v) is 2.95. The van der Waals surface area contributed by atoms with Crippen molar-refractivity contribution in [2.45, 2.75) is 37.1 Å². The molecule has 86 valence electrons. The Hall–Kier alpha value is -0.710. The summed E-state index contributed by atoms with van der Waals surface area (Å²) in [7, 11) is 1.46. The number of methoxy groups -OCH3 is 1. The van der Waals surface area contributed by atoms with Crippen LogP contribution in [0.15, 0.2) is 0 Å². The fraction of sp³-hybridized carbons (Fsp3) is 0.900. The molecule has 2 aliphatic rings. The molecule has 2 saturated carbocycles. The summed E-state index contributed by atoms with van der Waals surface area (Å²) in [6.07, 6.45) is 1.16. The third-order valence-electron chi connectivity index (χ3n) is 2.95. The van der Waals surface area contributed by atoms with Crippen molar-refractivity contribution in [1.29, 1.82) is 0 Å². The molecule has 3 nitrogen and oxygen atoms in total. The van der Waals surface area contributed by atoms with E-state index in [0.717, 1.165) is 12.8 Å². The number of carbonyl (C=O) groups excluding carboxylic acids is 1. The minimum Gasteiger partial charge on any atom is -0.382 e. The van der Waals surface area contributed by atoms with Crippen LogP contribution in [0.1, 0.15) is 25.7 Å². The van der Waals surface area contributed by atoms with Crippen LogP contribution >= 0.6 is 0 Å². The summed E-state index contributed by atoms with van der Waals surface area (Å²) in [6.45, 7) is 0.168. The van der Waals surface area contributed by atoms with E-state index in [1.165, 1.54) is 7.11 Å². The Bertz CT molecular complexity index is 269. The molecule has 0 aliphatic heterocycles. The van der Waals surface area contributed by atoms with Gasteiger partial charge in [-0.2, -0.15) is 0 Å². The Balaban J connectivity index is 1.92. The summed E-state index contributed by atoms with van der Waals surface area (Å²) in [6, 6.07) is 0. The number of hydrogen-bond donors (Lipinski definition) is 1. The van der Waals surface area contributed by atoms with Gasteiger partial charge >= 0.3 is 0 Å². The average molecular weight is 219 g/mol. The fourth-order valence-electron chi connectivity index (χ4n) is 2.15. The molecule has 0 aromatic heterocycles. The SMILES string of the molecule is COCC1(NC(=O)C2CC2)CC(F)(F)C1. The van der Waals surface area contributed by atoms with E-state index >= 15 is 0 Å². The highest BCUT2D eigenvalue weighted by Gasteiger charge is 2.58. The summed E-state index contributed by atoms with van der Waals surface area (Å²) >= 11 is 0. The van der Waals surface area contributed by atoms with E-state index in [0.29, 0.717) is 0 Å². The monoisotopic (exact) mass is 219 g/mol. The quantitative estimate of drug-likeness (QED) is 0.774. The molecule has 0 atom stereocenters. The number of alkyl halides is 2. The second-order valence-electron chi connectivity index (χ2n) is 4.69. The Morgan fingerprint density at radius 3 is 2.47 bits per heavy atom. The van der Waals surface area contributed by atoms with Crippen molar-refractivity contribution in [1.82, 2.24) is 5.32 Å². The second kappa shape index (κ2) is 3.40. The Morgan fingerprint density at radius 1 is 1.47 bits per heavy atom. The van der Waals surface area contributed by atoms with Crippen molar-refractivity contribution in [2.24, 2.45) is 5.92 Å². The minimum atomic E-state index is -2.64. The van der Waals surface area contributed by atoms with Crippen LogP contribution in [-0.2, 0) is 9.53 Å². The lowest BCUT2D eigenvalue weighted by atomic mass is 9.73. The predicted molar refractivity (Wildman–Crippen MR) is 49.7 cm³/mol. The number of hydrogen-bond acceptors (Lipinski definition) is 2. The summed E-state index contributed by atoms with van der Waals surface area (Å²) in [5, 5.41) is 2.70. The second-order valence-corrected chi connectivity index (χ2v) is 4.69. The molecule has 2 fully saturated rings. The zero-order valence-corrected chi connectivity index (χ0v) is 8.69. The van der Waals surface area contributed by atoms with E-state index in [9.17, 15) is 13.6 Å². The van der Waals surface area contributed by atoms with Gasteiger partial charge in [0, 0.05) is 25.9 Å². The molecule has 2 rings (SSSR count). The number of carbonyl (C=O) groups is 1. The maximum atomic E-state index is 12.8. The normalized spacial score (nSPS) is 26.9. The first-order chi connectivity index (χ1) is 6.96. The predicted octanol–water partition coefficient (Wildman–Crippen LogP) is 1.33. The van der Waals surface area contributed by atoms with Gasteiger partial charge in [-0.05, 0) is 12.8 Å². The van der Waals surface area contributed by atoms with Crippen LogP contribution in [0.3, 0.4) is 0 Å². The zero-order chi connectivity index (χ0) is 11.1. The molecule has 0 saturated heterocycles. The lowest BCUT2D eigenvalue weighted by Gasteiger charge is -2.47. The first-order valence-corrected chi connectivity index (χ1v) is 5.15. The highest BCUT2D eigenvalue weighted by Crippen LogP contribution is 2.46. The highest BCUT2D eigenvalue weighted by atomic mass is 19.3. The maximum Gasteiger partial charge on any atom is 0.252 e. The Labute approximate surface area is 87.2 Å². The number of amides is 1. The van der Waals surface area contributed by atoms with Crippen molar-refractivity contribution in [3.63, 3.8) is 0 Å². The van der Waals surface area contributed by atoms with Gasteiger partial charge in [-0.15, -0.1) is 0 Å². The van der Waals surface area contributed by atoms with Crippen LogP contribution in [0.5, 0.6) is 0 Å². The van der Waals surface area contributed by atoms with E-state index in [4.69, 9.17) is 4.74 Å². The zero-order valence-electron chi connectivity index (χ0n) is 8.69. The molecule has 1 N–H and O–H groups in total. The van der Waals surface area contributed by atoms with Gasteiger partial charge in [0.15, 0.2) is 0 Å². The smallest absolute Gasteiger partial charge is 0.252 e. The van der Waals surface area contributed by atoms with Crippen LogP contribution in [0, 0.1) is 5.92 Å². The van der Waals surface area contributed by atoms with Crippen LogP contribution in [0.25, 0.3) is 0 Å². The van der Waals surface area contributed by atoms with Crippen LogP contribution in [-0.4, -0.2) is 31.1 Å². The van der Waals surface area contributed by atoms with Crippen LogP contribution < -0.4 is 5.32 Å². The molecule has 15 heavy (non-hydrogen) atoms. The summed E-state index contributed by atoms with van der Waals surface area (Å²) in [4.78, 5) is 11.5. The van der Waals surface area contributed by atoms with Crippen molar-refractivity contribution in [2.75, 3.05) is 13.7 Å². The van der Waals surface area contributed by atoms with Gasteiger partial charge in [-0.1, -0.05) is 0 Å². The van der Waals surface area contributed by atoms with Gasteiger partial charge in [0.1, 0.15) is 0 Å².